The van der Waals surface area contributed by atoms with Crippen LogP contribution in [0, 0.1) is 0 Å². The maximum atomic E-state index is 12.1. The molecule has 6 heteroatoms. The Morgan fingerprint density at radius 1 is 1.14 bits per heavy atom. The fraction of sp³-hybridized carbons (Fsp3) is 0.133. The molecule has 0 radical (unpaired) electrons. The number of nitrogens with zero attached hydrogens (tertiary/aromatic N) is 4. The number of amides is 1. The number of fused-ring (bicyclic) bond motifs is 1. The van der Waals surface area contributed by atoms with E-state index in [1.165, 1.54) is 0 Å². The minimum atomic E-state index is -0.375. The van der Waals surface area contributed by atoms with Crippen LogP contribution in [0.3, 0.4) is 0 Å². The Labute approximate surface area is 120 Å². The lowest BCUT2D eigenvalue weighted by Gasteiger charge is -2.20. The van der Waals surface area contributed by atoms with Crippen LogP contribution < -0.4 is 4.90 Å². The van der Waals surface area contributed by atoms with Crippen molar-refractivity contribution >= 4 is 17.6 Å². The predicted octanol–water partition coefficient (Wildman–Crippen LogP) is 2.43. The molecule has 3 aromatic rings. The molecule has 4 rings (SSSR count). The smallest absolute Gasteiger partial charge is 0.416 e. The molecular formula is C15H12N4O2. The van der Waals surface area contributed by atoms with Crippen molar-refractivity contribution in [2.75, 3.05) is 11.5 Å². The number of benzene rings is 1. The number of hydrogen-bond acceptors (Lipinski definition) is 4. The summed E-state index contributed by atoms with van der Waals surface area (Å²) in [7, 11) is 0. The first-order chi connectivity index (χ1) is 10.3. The molecule has 1 amide bonds. The highest BCUT2D eigenvalue weighted by Gasteiger charge is 2.36. The monoisotopic (exact) mass is 280 g/mol. The average molecular weight is 280 g/mol. The molecule has 6 nitrogen and oxygen atoms in total. The summed E-state index contributed by atoms with van der Waals surface area (Å²) in [5.41, 5.74) is 1.72. The summed E-state index contributed by atoms with van der Waals surface area (Å²) in [6, 6.07) is 13.2. The molecule has 1 aromatic carbocycles. The molecule has 1 unspecified atom stereocenters. The number of aromatic nitrogens is 3. The quantitative estimate of drug-likeness (QED) is 0.723. The van der Waals surface area contributed by atoms with Crippen molar-refractivity contribution in [2.24, 2.45) is 0 Å². The van der Waals surface area contributed by atoms with Crippen LogP contribution in [0.2, 0.25) is 0 Å². The third-order valence-corrected chi connectivity index (χ3v) is 3.55. The molecule has 0 saturated carbocycles. The molecule has 0 spiro atoms. The Bertz CT molecular complexity index is 800. The number of hydrogen-bond donors (Lipinski definition) is 0. The standard InChI is InChI=1S/C15H12N4O2/c20-15-19(12(10-21-15)11-4-2-1-3-5-11)14-7-9-18-13(17-14)6-8-16-18/h1-9,12H,10H2. The Kier molecular flexibility index (Phi) is 2.60. The molecule has 1 atom stereocenters. The Balaban J connectivity index is 1.78. The summed E-state index contributed by atoms with van der Waals surface area (Å²) < 4.78 is 6.86. The van der Waals surface area contributed by atoms with E-state index in [9.17, 15) is 4.79 Å². The number of carbonyl (C=O) groups is 1. The highest BCUT2D eigenvalue weighted by atomic mass is 16.6. The van der Waals surface area contributed by atoms with Crippen LogP contribution in [0.1, 0.15) is 11.6 Å². The fourth-order valence-electron chi connectivity index (χ4n) is 2.53. The van der Waals surface area contributed by atoms with Crippen molar-refractivity contribution < 1.29 is 9.53 Å². The lowest BCUT2D eigenvalue weighted by atomic mass is 10.1. The molecule has 21 heavy (non-hydrogen) atoms. The Hall–Kier alpha value is -2.89. The average Bonchev–Trinajstić information content (AvgIpc) is 3.13. The van der Waals surface area contributed by atoms with Crippen molar-refractivity contribution in [1.29, 1.82) is 0 Å². The molecule has 104 valence electrons. The first kappa shape index (κ1) is 11.9. The van der Waals surface area contributed by atoms with E-state index in [2.05, 4.69) is 10.1 Å². The number of anilines is 1. The number of cyclic esters (lactones) is 1. The second-order valence-corrected chi connectivity index (χ2v) is 4.79. The molecule has 3 heterocycles. The van der Waals surface area contributed by atoms with Crippen LogP contribution in [-0.4, -0.2) is 27.3 Å². The summed E-state index contributed by atoms with van der Waals surface area (Å²) in [5, 5.41) is 4.10. The van der Waals surface area contributed by atoms with Crippen molar-refractivity contribution in [2.45, 2.75) is 6.04 Å². The topological polar surface area (TPSA) is 59.7 Å². The second-order valence-electron chi connectivity index (χ2n) is 4.79. The van der Waals surface area contributed by atoms with E-state index in [1.54, 1.807) is 33.9 Å². The predicted molar refractivity (Wildman–Crippen MR) is 76.0 cm³/mol. The van der Waals surface area contributed by atoms with Gasteiger partial charge in [0.15, 0.2) is 5.65 Å². The minimum Gasteiger partial charge on any atom is -0.447 e. The van der Waals surface area contributed by atoms with E-state index < -0.39 is 0 Å². The number of ether oxygens (including phenoxy) is 1. The van der Waals surface area contributed by atoms with Gasteiger partial charge in [0.1, 0.15) is 18.5 Å². The summed E-state index contributed by atoms with van der Waals surface area (Å²) in [6.07, 6.45) is 3.08. The van der Waals surface area contributed by atoms with Crippen molar-refractivity contribution in [3.8, 4) is 0 Å². The summed E-state index contributed by atoms with van der Waals surface area (Å²) in [4.78, 5) is 18.1. The fourth-order valence-corrected chi connectivity index (χ4v) is 2.53. The van der Waals surface area contributed by atoms with Crippen LogP contribution in [0.15, 0.2) is 54.9 Å². The van der Waals surface area contributed by atoms with E-state index in [0.717, 1.165) is 5.56 Å². The van der Waals surface area contributed by atoms with Gasteiger partial charge in [-0.1, -0.05) is 30.3 Å². The van der Waals surface area contributed by atoms with Crippen LogP contribution in [0.5, 0.6) is 0 Å². The lowest BCUT2D eigenvalue weighted by molar-refractivity contribution is 0.179. The van der Waals surface area contributed by atoms with Gasteiger partial charge in [0.2, 0.25) is 0 Å². The zero-order chi connectivity index (χ0) is 14.2. The minimum absolute atomic E-state index is 0.156. The number of carbonyl (C=O) groups excluding carboxylic acids is 1. The molecule has 2 aromatic heterocycles. The second kappa shape index (κ2) is 4.59. The lowest BCUT2D eigenvalue weighted by Crippen LogP contribution is -2.28. The highest BCUT2D eigenvalue weighted by molar-refractivity contribution is 5.89. The van der Waals surface area contributed by atoms with E-state index in [4.69, 9.17) is 4.74 Å². The van der Waals surface area contributed by atoms with Gasteiger partial charge in [-0.05, 0) is 11.6 Å². The Morgan fingerprint density at radius 3 is 2.86 bits per heavy atom. The maximum absolute atomic E-state index is 12.1. The van der Waals surface area contributed by atoms with Gasteiger partial charge < -0.3 is 4.74 Å². The normalized spacial score (nSPS) is 18.2. The molecule has 1 aliphatic heterocycles. The third-order valence-electron chi connectivity index (χ3n) is 3.55. The van der Waals surface area contributed by atoms with Crippen molar-refractivity contribution in [3.63, 3.8) is 0 Å². The zero-order valence-electron chi connectivity index (χ0n) is 11.1. The van der Waals surface area contributed by atoms with Crippen LogP contribution >= 0.6 is 0 Å². The summed E-state index contributed by atoms with van der Waals surface area (Å²) in [6.45, 7) is 0.328. The Morgan fingerprint density at radius 2 is 2.00 bits per heavy atom. The first-order valence-electron chi connectivity index (χ1n) is 6.64. The van der Waals surface area contributed by atoms with Crippen molar-refractivity contribution in [1.82, 2.24) is 14.6 Å². The highest BCUT2D eigenvalue weighted by Crippen LogP contribution is 2.31. The van der Waals surface area contributed by atoms with Gasteiger partial charge in [-0.25, -0.2) is 14.3 Å². The van der Waals surface area contributed by atoms with Gasteiger partial charge in [0.25, 0.3) is 0 Å². The third kappa shape index (κ3) is 1.92. The molecule has 1 fully saturated rings. The van der Waals surface area contributed by atoms with Crippen LogP contribution in [-0.2, 0) is 4.74 Å². The summed E-state index contributed by atoms with van der Waals surface area (Å²) in [5.74, 6) is 0.569. The zero-order valence-corrected chi connectivity index (χ0v) is 11.1. The van der Waals surface area contributed by atoms with Crippen molar-refractivity contribution in [3.05, 3.63) is 60.4 Å². The molecule has 0 aliphatic carbocycles. The van der Waals surface area contributed by atoms with Gasteiger partial charge in [-0.3, -0.25) is 4.90 Å². The maximum Gasteiger partial charge on any atom is 0.416 e. The first-order valence-corrected chi connectivity index (χ1v) is 6.64. The molecule has 1 aliphatic rings. The van der Waals surface area contributed by atoms with Crippen LogP contribution in [0.4, 0.5) is 10.6 Å². The van der Waals surface area contributed by atoms with Gasteiger partial charge in [-0.15, -0.1) is 0 Å². The molecule has 0 N–H and O–H groups in total. The van der Waals surface area contributed by atoms with E-state index in [0.29, 0.717) is 18.1 Å². The van der Waals surface area contributed by atoms with Crippen LogP contribution in [0.25, 0.3) is 5.65 Å². The SMILES string of the molecule is O=C1OCC(c2ccccc2)N1c1ccn2nccc2n1. The number of rotatable bonds is 2. The van der Waals surface area contributed by atoms with Gasteiger partial charge >= 0.3 is 6.09 Å². The van der Waals surface area contributed by atoms with E-state index in [1.807, 2.05) is 30.3 Å². The molecule has 0 bridgehead atoms. The molecular weight excluding hydrogens is 268 g/mol. The van der Waals surface area contributed by atoms with Gasteiger partial charge in [0.05, 0.1) is 6.20 Å². The molecule has 1 saturated heterocycles. The van der Waals surface area contributed by atoms with E-state index >= 15 is 0 Å². The summed E-state index contributed by atoms with van der Waals surface area (Å²) >= 11 is 0. The largest absolute Gasteiger partial charge is 0.447 e. The van der Waals surface area contributed by atoms with Gasteiger partial charge in [-0.2, -0.15) is 5.10 Å². The van der Waals surface area contributed by atoms with E-state index in [-0.39, 0.29) is 12.1 Å². The van der Waals surface area contributed by atoms with Gasteiger partial charge in [0, 0.05) is 12.3 Å².